The molecule has 1 fully saturated rings. The van der Waals surface area contributed by atoms with Gasteiger partial charge in [0.1, 0.15) is 5.69 Å². The molecule has 0 aliphatic carbocycles. The van der Waals surface area contributed by atoms with Crippen LogP contribution in [0.5, 0.6) is 0 Å². The molecule has 0 spiro atoms. The number of oxime groups is 1. The van der Waals surface area contributed by atoms with Gasteiger partial charge in [-0.1, -0.05) is 17.6 Å². The van der Waals surface area contributed by atoms with Crippen molar-refractivity contribution < 1.29 is 5.21 Å². The fourth-order valence-corrected chi connectivity index (χ4v) is 2.46. The Bertz CT molecular complexity index is 433. The molecule has 3 N–H and O–H groups in total. The number of piperidine rings is 1. The van der Waals surface area contributed by atoms with Gasteiger partial charge in [0, 0.05) is 18.8 Å². The highest BCUT2D eigenvalue weighted by atomic mass is 16.4. The minimum absolute atomic E-state index is 0.0789. The number of aromatic nitrogens is 1. The molecule has 5 heteroatoms. The maximum absolute atomic E-state index is 8.78. The Labute approximate surface area is 107 Å². The number of nitrogens with zero attached hydrogens (tertiary/aromatic N) is 3. The Morgan fingerprint density at radius 3 is 3.17 bits per heavy atom. The summed E-state index contributed by atoms with van der Waals surface area (Å²) in [5, 5.41) is 11.8. The van der Waals surface area contributed by atoms with E-state index in [9.17, 15) is 0 Å². The van der Waals surface area contributed by atoms with Crippen LogP contribution in [0.1, 0.15) is 37.4 Å². The van der Waals surface area contributed by atoms with Crippen molar-refractivity contribution in [3.8, 4) is 0 Å². The van der Waals surface area contributed by atoms with E-state index in [2.05, 4.69) is 22.0 Å². The molecule has 1 saturated heterocycles. The second-order valence-corrected chi connectivity index (χ2v) is 4.81. The molecule has 18 heavy (non-hydrogen) atoms. The molecule has 1 aromatic heterocycles. The second kappa shape index (κ2) is 5.82. The molecule has 0 aromatic carbocycles. The summed E-state index contributed by atoms with van der Waals surface area (Å²) in [7, 11) is 0. The molecule has 2 heterocycles. The van der Waals surface area contributed by atoms with E-state index < -0.39 is 0 Å². The van der Waals surface area contributed by atoms with Gasteiger partial charge < -0.3 is 10.9 Å². The number of pyridine rings is 1. The van der Waals surface area contributed by atoms with Crippen LogP contribution in [0.2, 0.25) is 0 Å². The summed E-state index contributed by atoms with van der Waals surface area (Å²) in [6.07, 6.45) is 5.44. The third-order valence-electron chi connectivity index (χ3n) is 3.56. The van der Waals surface area contributed by atoms with Crippen LogP contribution >= 0.6 is 0 Å². The standard InChI is InChI=1S/C13H20N4O/c1-10-5-2-3-8-17(10)9-11-6-4-7-15-12(11)13(14)16-18/h4,6-7,10,18H,2-3,5,8-9H2,1H3,(H2,14,16). The predicted molar refractivity (Wildman–Crippen MR) is 70.5 cm³/mol. The van der Waals surface area contributed by atoms with E-state index in [4.69, 9.17) is 10.9 Å². The lowest BCUT2D eigenvalue weighted by atomic mass is 10.0. The van der Waals surface area contributed by atoms with Crippen molar-refractivity contribution in [2.75, 3.05) is 6.54 Å². The fourth-order valence-electron chi connectivity index (χ4n) is 2.46. The zero-order valence-electron chi connectivity index (χ0n) is 10.7. The smallest absolute Gasteiger partial charge is 0.189 e. The second-order valence-electron chi connectivity index (χ2n) is 4.81. The van der Waals surface area contributed by atoms with Gasteiger partial charge in [0.2, 0.25) is 0 Å². The molecule has 5 nitrogen and oxygen atoms in total. The zero-order chi connectivity index (χ0) is 13.0. The molecule has 1 aliphatic rings. The van der Waals surface area contributed by atoms with Crippen LogP contribution in [0.25, 0.3) is 0 Å². The molecule has 0 amide bonds. The molecule has 0 bridgehead atoms. The zero-order valence-corrected chi connectivity index (χ0v) is 10.7. The van der Waals surface area contributed by atoms with E-state index in [0.29, 0.717) is 11.7 Å². The molecule has 2 rings (SSSR count). The number of amidine groups is 1. The van der Waals surface area contributed by atoms with Gasteiger partial charge >= 0.3 is 0 Å². The van der Waals surface area contributed by atoms with Crippen molar-refractivity contribution in [1.29, 1.82) is 0 Å². The molecule has 0 radical (unpaired) electrons. The predicted octanol–water partition coefficient (Wildman–Crippen LogP) is 1.55. The van der Waals surface area contributed by atoms with E-state index in [1.165, 1.54) is 19.3 Å². The third-order valence-corrected chi connectivity index (χ3v) is 3.56. The van der Waals surface area contributed by atoms with Gasteiger partial charge in [0.05, 0.1) is 0 Å². The van der Waals surface area contributed by atoms with E-state index >= 15 is 0 Å². The Balaban J connectivity index is 2.18. The first-order chi connectivity index (χ1) is 8.72. The summed E-state index contributed by atoms with van der Waals surface area (Å²) in [6, 6.07) is 4.46. The average Bonchev–Trinajstić information content (AvgIpc) is 2.41. The van der Waals surface area contributed by atoms with Crippen molar-refractivity contribution in [1.82, 2.24) is 9.88 Å². The molecule has 1 aromatic rings. The first kappa shape index (κ1) is 12.8. The van der Waals surface area contributed by atoms with E-state index in [1.807, 2.05) is 12.1 Å². The quantitative estimate of drug-likeness (QED) is 0.368. The van der Waals surface area contributed by atoms with Gasteiger partial charge in [-0.25, -0.2) is 0 Å². The van der Waals surface area contributed by atoms with Gasteiger partial charge in [-0.2, -0.15) is 0 Å². The van der Waals surface area contributed by atoms with Gasteiger partial charge in [-0.05, 0) is 37.9 Å². The van der Waals surface area contributed by atoms with Crippen LogP contribution < -0.4 is 5.73 Å². The number of nitrogens with two attached hydrogens (primary N) is 1. The average molecular weight is 248 g/mol. The highest BCUT2D eigenvalue weighted by Crippen LogP contribution is 2.20. The lowest BCUT2D eigenvalue weighted by Crippen LogP contribution is -2.37. The van der Waals surface area contributed by atoms with E-state index in [0.717, 1.165) is 18.7 Å². The highest BCUT2D eigenvalue weighted by molar-refractivity contribution is 5.96. The first-order valence-corrected chi connectivity index (χ1v) is 6.38. The van der Waals surface area contributed by atoms with Crippen LogP contribution in [-0.2, 0) is 6.54 Å². The Hall–Kier alpha value is -1.62. The largest absolute Gasteiger partial charge is 0.409 e. The topological polar surface area (TPSA) is 74.7 Å². The summed E-state index contributed by atoms with van der Waals surface area (Å²) in [4.78, 5) is 6.62. The third kappa shape index (κ3) is 2.79. The molecular weight excluding hydrogens is 228 g/mol. The highest BCUT2D eigenvalue weighted by Gasteiger charge is 2.20. The van der Waals surface area contributed by atoms with Crippen LogP contribution in [0, 0.1) is 0 Å². The maximum Gasteiger partial charge on any atom is 0.189 e. The molecule has 1 aliphatic heterocycles. The van der Waals surface area contributed by atoms with Crippen LogP contribution in [0.4, 0.5) is 0 Å². The first-order valence-electron chi connectivity index (χ1n) is 6.38. The normalized spacial score (nSPS) is 22.1. The van der Waals surface area contributed by atoms with Crippen molar-refractivity contribution in [3.05, 3.63) is 29.6 Å². The van der Waals surface area contributed by atoms with E-state index in [1.54, 1.807) is 6.20 Å². The summed E-state index contributed by atoms with van der Waals surface area (Å²) >= 11 is 0. The van der Waals surface area contributed by atoms with Gasteiger partial charge in [-0.3, -0.25) is 9.88 Å². The summed E-state index contributed by atoms with van der Waals surface area (Å²) < 4.78 is 0. The fraction of sp³-hybridized carbons (Fsp3) is 0.538. The van der Waals surface area contributed by atoms with Crippen molar-refractivity contribution in [2.24, 2.45) is 10.9 Å². The van der Waals surface area contributed by atoms with Crippen LogP contribution in [0.15, 0.2) is 23.5 Å². The summed E-state index contributed by atoms with van der Waals surface area (Å²) in [6.45, 7) is 4.16. The lowest BCUT2D eigenvalue weighted by molar-refractivity contribution is 0.152. The molecule has 0 saturated carbocycles. The Morgan fingerprint density at radius 2 is 2.44 bits per heavy atom. The van der Waals surface area contributed by atoms with Crippen molar-refractivity contribution >= 4 is 5.84 Å². The Kier molecular flexibility index (Phi) is 4.15. The van der Waals surface area contributed by atoms with Crippen molar-refractivity contribution in [2.45, 2.75) is 38.8 Å². The Morgan fingerprint density at radius 1 is 1.61 bits per heavy atom. The number of likely N-dealkylation sites (tertiary alicyclic amines) is 1. The summed E-state index contributed by atoms with van der Waals surface area (Å²) in [5.41, 5.74) is 7.25. The minimum Gasteiger partial charge on any atom is -0.409 e. The van der Waals surface area contributed by atoms with Crippen LogP contribution in [0.3, 0.4) is 0 Å². The monoisotopic (exact) mass is 248 g/mol. The summed E-state index contributed by atoms with van der Waals surface area (Å²) in [5.74, 6) is 0.0789. The van der Waals surface area contributed by atoms with E-state index in [-0.39, 0.29) is 5.84 Å². The molecule has 1 unspecified atom stereocenters. The molecular formula is C13H20N4O. The molecule has 98 valence electrons. The van der Waals surface area contributed by atoms with Gasteiger partial charge in [0.15, 0.2) is 5.84 Å². The van der Waals surface area contributed by atoms with Crippen LogP contribution in [-0.4, -0.2) is 33.5 Å². The number of rotatable bonds is 3. The van der Waals surface area contributed by atoms with Gasteiger partial charge in [-0.15, -0.1) is 0 Å². The van der Waals surface area contributed by atoms with Gasteiger partial charge in [0.25, 0.3) is 0 Å². The molecule has 1 atom stereocenters. The SMILES string of the molecule is CC1CCCCN1Cc1cccnc1C(N)=NO. The minimum atomic E-state index is 0.0789. The van der Waals surface area contributed by atoms with Crippen molar-refractivity contribution in [3.63, 3.8) is 0 Å². The maximum atomic E-state index is 8.78. The lowest BCUT2D eigenvalue weighted by Gasteiger charge is -2.33. The number of hydrogen-bond acceptors (Lipinski definition) is 4. The number of hydrogen-bond donors (Lipinski definition) is 2.